The SMILES string of the molecule is c1ccc2c(c1)ccc1c2oc2cccc(C3CCCC3)c21. The predicted octanol–water partition coefficient (Wildman–Crippen LogP) is 6.40. The van der Waals surface area contributed by atoms with E-state index in [0.717, 1.165) is 11.2 Å². The molecule has 4 aromatic rings. The molecule has 1 saturated carbocycles. The van der Waals surface area contributed by atoms with Crippen LogP contribution >= 0.6 is 0 Å². The first-order valence-corrected chi connectivity index (χ1v) is 8.25. The molecular weight excluding hydrogens is 268 g/mol. The van der Waals surface area contributed by atoms with E-state index < -0.39 is 0 Å². The van der Waals surface area contributed by atoms with Crippen LogP contribution in [0, 0.1) is 0 Å². The van der Waals surface area contributed by atoms with Gasteiger partial charge in [0.25, 0.3) is 0 Å². The molecule has 0 N–H and O–H groups in total. The molecule has 1 heteroatoms. The van der Waals surface area contributed by atoms with Crippen molar-refractivity contribution in [3.05, 3.63) is 60.2 Å². The fraction of sp³-hybridized carbons (Fsp3) is 0.238. The monoisotopic (exact) mass is 286 g/mol. The fourth-order valence-electron chi connectivity index (χ4n) is 4.16. The summed E-state index contributed by atoms with van der Waals surface area (Å²) in [6, 6.07) is 19.5. The quantitative estimate of drug-likeness (QED) is 0.395. The zero-order valence-electron chi connectivity index (χ0n) is 12.5. The van der Waals surface area contributed by atoms with Crippen molar-refractivity contribution in [1.29, 1.82) is 0 Å². The molecule has 1 aliphatic rings. The van der Waals surface area contributed by atoms with Crippen LogP contribution < -0.4 is 0 Å². The number of fused-ring (bicyclic) bond motifs is 5. The van der Waals surface area contributed by atoms with Gasteiger partial charge in [0.1, 0.15) is 11.2 Å². The standard InChI is InChI=1S/C21H18O/c1-2-7-14(6-1)16-10-5-11-19-20(16)18-13-12-15-8-3-4-9-17(15)21(18)22-19/h3-5,8-14H,1-2,6-7H2. The normalized spacial score (nSPS) is 16.2. The molecule has 3 aromatic carbocycles. The number of rotatable bonds is 1. The van der Waals surface area contributed by atoms with E-state index in [-0.39, 0.29) is 0 Å². The highest BCUT2D eigenvalue weighted by Crippen LogP contribution is 2.42. The molecule has 0 unspecified atom stereocenters. The van der Waals surface area contributed by atoms with Crippen molar-refractivity contribution in [3.8, 4) is 0 Å². The molecule has 5 rings (SSSR count). The third-order valence-electron chi connectivity index (χ3n) is 5.21. The van der Waals surface area contributed by atoms with E-state index in [2.05, 4.69) is 54.6 Å². The van der Waals surface area contributed by atoms with E-state index in [1.54, 1.807) is 0 Å². The molecule has 1 fully saturated rings. The van der Waals surface area contributed by atoms with Crippen molar-refractivity contribution in [1.82, 2.24) is 0 Å². The van der Waals surface area contributed by atoms with Gasteiger partial charge in [-0.1, -0.05) is 55.3 Å². The molecule has 108 valence electrons. The van der Waals surface area contributed by atoms with Crippen LogP contribution in [-0.2, 0) is 0 Å². The number of hydrogen-bond donors (Lipinski definition) is 0. The van der Waals surface area contributed by atoms with Crippen LogP contribution in [0.3, 0.4) is 0 Å². The average Bonchev–Trinajstić information content (AvgIpc) is 3.22. The van der Waals surface area contributed by atoms with Gasteiger partial charge >= 0.3 is 0 Å². The van der Waals surface area contributed by atoms with Crippen molar-refractivity contribution in [2.45, 2.75) is 31.6 Å². The van der Waals surface area contributed by atoms with Gasteiger partial charge in [-0.25, -0.2) is 0 Å². The Morgan fingerprint density at radius 3 is 2.55 bits per heavy atom. The first-order valence-electron chi connectivity index (χ1n) is 8.25. The minimum Gasteiger partial charge on any atom is -0.455 e. The molecule has 1 nitrogen and oxygen atoms in total. The van der Waals surface area contributed by atoms with E-state index in [4.69, 9.17) is 4.42 Å². The maximum absolute atomic E-state index is 6.27. The van der Waals surface area contributed by atoms with Crippen molar-refractivity contribution in [2.24, 2.45) is 0 Å². The Kier molecular flexibility index (Phi) is 2.57. The summed E-state index contributed by atoms with van der Waals surface area (Å²) >= 11 is 0. The number of benzene rings is 3. The summed E-state index contributed by atoms with van der Waals surface area (Å²) in [5, 5.41) is 5.08. The van der Waals surface area contributed by atoms with Crippen LogP contribution in [0.1, 0.15) is 37.2 Å². The van der Waals surface area contributed by atoms with Gasteiger partial charge in [0, 0.05) is 16.2 Å². The Morgan fingerprint density at radius 2 is 1.64 bits per heavy atom. The molecule has 1 aliphatic carbocycles. The zero-order valence-corrected chi connectivity index (χ0v) is 12.5. The van der Waals surface area contributed by atoms with Gasteiger partial charge in [0.2, 0.25) is 0 Å². The first-order chi connectivity index (χ1) is 10.9. The van der Waals surface area contributed by atoms with Crippen LogP contribution in [0.4, 0.5) is 0 Å². The predicted molar refractivity (Wildman–Crippen MR) is 92.4 cm³/mol. The third kappa shape index (κ3) is 1.65. The summed E-state index contributed by atoms with van der Waals surface area (Å²) in [6.45, 7) is 0. The molecule has 22 heavy (non-hydrogen) atoms. The van der Waals surface area contributed by atoms with Crippen molar-refractivity contribution >= 4 is 32.7 Å². The van der Waals surface area contributed by atoms with E-state index in [1.165, 1.54) is 52.8 Å². The van der Waals surface area contributed by atoms with Gasteiger partial charge in [-0.05, 0) is 41.8 Å². The Balaban J connectivity index is 1.91. The lowest BCUT2D eigenvalue weighted by Crippen LogP contribution is -1.92. The molecule has 0 atom stereocenters. The van der Waals surface area contributed by atoms with Crippen LogP contribution in [0.15, 0.2) is 59.0 Å². The minimum atomic E-state index is 0.705. The Bertz CT molecular complexity index is 987. The Labute approximate surface area is 129 Å². The molecule has 0 amide bonds. The topological polar surface area (TPSA) is 13.1 Å². The van der Waals surface area contributed by atoms with E-state index in [9.17, 15) is 0 Å². The van der Waals surface area contributed by atoms with Crippen molar-refractivity contribution < 1.29 is 4.42 Å². The maximum Gasteiger partial charge on any atom is 0.143 e. The van der Waals surface area contributed by atoms with Gasteiger partial charge in [0.05, 0.1) is 0 Å². The van der Waals surface area contributed by atoms with Gasteiger partial charge in [-0.15, -0.1) is 0 Å². The number of hydrogen-bond acceptors (Lipinski definition) is 1. The summed E-state index contributed by atoms with van der Waals surface area (Å²) < 4.78 is 6.27. The van der Waals surface area contributed by atoms with Crippen LogP contribution in [0.2, 0.25) is 0 Å². The van der Waals surface area contributed by atoms with Crippen molar-refractivity contribution in [3.63, 3.8) is 0 Å². The maximum atomic E-state index is 6.27. The smallest absolute Gasteiger partial charge is 0.143 e. The zero-order chi connectivity index (χ0) is 14.5. The molecule has 0 radical (unpaired) electrons. The molecule has 1 heterocycles. The Morgan fingerprint density at radius 1 is 0.773 bits per heavy atom. The highest BCUT2D eigenvalue weighted by Gasteiger charge is 2.22. The largest absolute Gasteiger partial charge is 0.455 e. The lowest BCUT2D eigenvalue weighted by atomic mass is 9.93. The van der Waals surface area contributed by atoms with Gasteiger partial charge in [0.15, 0.2) is 0 Å². The van der Waals surface area contributed by atoms with Crippen LogP contribution in [-0.4, -0.2) is 0 Å². The van der Waals surface area contributed by atoms with E-state index >= 15 is 0 Å². The van der Waals surface area contributed by atoms with Gasteiger partial charge in [-0.3, -0.25) is 0 Å². The third-order valence-corrected chi connectivity index (χ3v) is 5.21. The second-order valence-corrected chi connectivity index (χ2v) is 6.47. The Hall–Kier alpha value is -2.28. The van der Waals surface area contributed by atoms with Crippen molar-refractivity contribution in [2.75, 3.05) is 0 Å². The summed E-state index contributed by atoms with van der Waals surface area (Å²) in [5.41, 5.74) is 3.57. The van der Waals surface area contributed by atoms with E-state index in [1.807, 2.05) is 0 Å². The minimum absolute atomic E-state index is 0.705. The van der Waals surface area contributed by atoms with E-state index in [0.29, 0.717) is 5.92 Å². The van der Waals surface area contributed by atoms with Crippen LogP contribution in [0.5, 0.6) is 0 Å². The molecule has 1 aromatic heterocycles. The fourth-order valence-corrected chi connectivity index (χ4v) is 4.16. The molecule has 0 bridgehead atoms. The first kappa shape index (κ1) is 12.3. The molecule has 0 saturated heterocycles. The summed E-state index contributed by atoms with van der Waals surface area (Å²) in [7, 11) is 0. The second-order valence-electron chi connectivity index (χ2n) is 6.47. The second kappa shape index (κ2) is 4.61. The summed E-state index contributed by atoms with van der Waals surface area (Å²) in [5.74, 6) is 0.705. The highest BCUT2D eigenvalue weighted by molar-refractivity contribution is 6.16. The summed E-state index contributed by atoms with van der Waals surface area (Å²) in [6.07, 6.45) is 5.36. The highest BCUT2D eigenvalue weighted by atomic mass is 16.3. The molecule has 0 aliphatic heterocycles. The number of furan rings is 1. The van der Waals surface area contributed by atoms with Crippen LogP contribution in [0.25, 0.3) is 32.7 Å². The molecular formula is C21H18O. The average molecular weight is 286 g/mol. The lowest BCUT2D eigenvalue weighted by molar-refractivity contribution is 0.670. The van der Waals surface area contributed by atoms with Gasteiger partial charge < -0.3 is 4.42 Å². The van der Waals surface area contributed by atoms with Gasteiger partial charge in [-0.2, -0.15) is 0 Å². The lowest BCUT2D eigenvalue weighted by Gasteiger charge is -2.10. The molecule has 0 spiro atoms. The summed E-state index contributed by atoms with van der Waals surface area (Å²) in [4.78, 5) is 0.